The van der Waals surface area contributed by atoms with Crippen LogP contribution in [0.15, 0.2) is 67.1 Å². The fourth-order valence-corrected chi connectivity index (χ4v) is 4.57. The van der Waals surface area contributed by atoms with Crippen LogP contribution in [0.2, 0.25) is 0 Å². The van der Waals surface area contributed by atoms with E-state index in [0.29, 0.717) is 11.7 Å². The molecule has 0 radical (unpaired) electrons. The third-order valence-corrected chi connectivity index (χ3v) is 6.14. The molecule has 4 aromatic rings. The quantitative estimate of drug-likeness (QED) is 0.486. The maximum Gasteiger partial charge on any atom is 0.320 e. The van der Waals surface area contributed by atoms with E-state index in [0.717, 1.165) is 48.0 Å². The Balaban J connectivity index is 1.26. The molecule has 7 nitrogen and oxygen atoms in total. The number of nitrogens with one attached hydrogen (secondary N) is 2. The zero-order valence-electron chi connectivity index (χ0n) is 18.0. The van der Waals surface area contributed by atoms with Crippen molar-refractivity contribution in [3.8, 4) is 5.69 Å². The molecule has 2 N–H and O–H groups in total. The van der Waals surface area contributed by atoms with Crippen molar-refractivity contribution < 1.29 is 4.79 Å². The molecule has 3 heterocycles. The van der Waals surface area contributed by atoms with Crippen molar-refractivity contribution in [2.75, 3.05) is 5.32 Å². The van der Waals surface area contributed by atoms with Gasteiger partial charge in [0.2, 0.25) is 0 Å². The van der Waals surface area contributed by atoms with Crippen LogP contribution in [-0.4, -0.2) is 31.8 Å². The summed E-state index contributed by atoms with van der Waals surface area (Å²) < 4.78 is 1.83. The van der Waals surface area contributed by atoms with Crippen molar-refractivity contribution in [2.24, 2.45) is 5.92 Å². The molecule has 162 valence electrons. The van der Waals surface area contributed by atoms with Crippen LogP contribution < -0.4 is 10.6 Å². The average Bonchev–Trinajstić information content (AvgIpc) is 3.41. The number of nitrogens with zero attached hydrogens (tertiary/aromatic N) is 4. The summed E-state index contributed by atoms with van der Waals surface area (Å²) in [5.74, 6) is 0.971. The van der Waals surface area contributed by atoms with E-state index in [-0.39, 0.29) is 12.1 Å². The van der Waals surface area contributed by atoms with Gasteiger partial charge in [-0.15, -0.1) is 0 Å². The van der Waals surface area contributed by atoms with Crippen LogP contribution in [0, 0.1) is 12.8 Å². The van der Waals surface area contributed by atoms with Gasteiger partial charge >= 0.3 is 6.03 Å². The molecule has 2 atom stereocenters. The molecule has 1 aromatic carbocycles. The summed E-state index contributed by atoms with van der Waals surface area (Å²) >= 11 is 0. The molecular formula is C25H26N6O. The SMILES string of the molecule is Cc1cc(-n2ncc3cc(NC(=O)N[C@H]4CCC[C@H]4Cc4ccccc4)ncc32)ccn1. The van der Waals surface area contributed by atoms with Gasteiger partial charge in [0.25, 0.3) is 0 Å². The molecule has 32 heavy (non-hydrogen) atoms. The lowest BCUT2D eigenvalue weighted by molar-refractivity contribution is 0.245. The minimum atomic E-state index is -0.209. The van der Waals surface area contributed by atoms with Crippen molar-refractivity contribution in [2.45, 2.75) is 38.6 Å². The second-order valence-corrected chi connectivity index (χ2v) is 8.43. The zero-order chi connectivity index (χ0) is 21.9. The Kier molecular flexibility index (Phi) is 5.54. The number of carbonyl (C=O) groups is 1. The summed E-state index contributed by atoms with van der Waals surface area (Å²) in [6.45, 7) is 1.95. The Hall–Kier alpha value is -3.74. The van der Waals surface area contributed by atoms with Crippen LogP contribution in [0.3, 0.4) is 0 Å². The normalized spacial score (nSPS) is 18.0. The highest BCUT2D eigenvalue weighted by molar-refractivity contribution is 5.91. The molecule has 1 aliphatic rings. The van der Waals surface area contributed by atoms with Crippen LogP contribution in [-0.2, 0) is 6.42 Å². The number of aryl methyl sites for hydroxylation is 1. The van der Waals surface area contributed by atoms with Crippen molar-refractivity contribution in [3.05, 3.63) is 78.4 Å². The van der Waals surface area contributed by atoms with Crippen LogP contribution in [0.1, 0.15) is 30.5 Å². The van der Waals surface area contributed by atoms with E-state index >= 15 is 0 Å². The fraction of sp³-hybridized carbons (Fsp3) is 0.280. The van der Waals surface area contributed by atoms with E-state index in [1.54, 1.807) is 18.6 Å². The van der Waals surface area contributed by atoms with E-state index in [9.17, 15) is 4.79 Å². The van der Waals surface area contributed by atoms with Crippen molar-refractivity contribution in [3.63, 3.8) is 0 Å². The zero-order valence-corrected chi connectivity index (χ0v) is 18.0. The maximum absolute atomic E-state index is 12.7. The summed E-state index contributed by atoms with van der Waals surface area (Å²) in [5.41, 5.74) is 4.05. The van der Waals surface area contributed by atoms with Gasteiger partial charge in [-0.05, 0) is 55.9 Å². The lowest BCUT2D eigenvalue weighted by Crippen LogP contribution is -2.40. The molecule has 1 fully saturated rings. The lowest BCUT2D eigenvalue weighted by atomic mass is 9.95. The van der Waals surface area contributed by atoms with Crippen molar-refractivity contribution in [1.82, 2.24) is 25.1 Å². The number of aromatic nitrogens is 4. The van der Waals surface area contributed by atoms with Gasteiger partial charge in [-0.2, -0.15) is 5.10 Å². The number of hydrogen-bond donors (Lipinski definition) is 2. The number of pyridine rings is 2. The third kappa shape index (κ3) is 4.32. The highest BCUT2D eigenvalue weighted by Crippen LogP contribution is 2.29. The molecule has 0 unspecified atom stereocenters. The lowest BCUT2D eigenvalue weighted by Gasteiger charge is -2.21. The van der Waals surface area contributed by atoms with Gasteiger partial charge in [0.15, 0.2) is 0 Å². The van der Waals surface area contributed by atoms with Gasteiger partial charge in [0.1, 0.15) is 5.82 Å². The van der Waals surface area contributed by atoms with Gasteiger partial charge in [0, 0.05) is 23.3 Å². The molecule has 0 aliphatic heterocycles. The Bertz CT molecular complexity index is 1240. The predicted molar refractivity (Wildman–Crippen MR) is 125 cm³/mol. The van der Waals surface area contributed by atoms with Gasteiger partial charge in [0.05, 0.1) is 23.6 Å². The summed E-state index contributed by atoms with van der Waals surface area (Å²) in [6.07, 6.45) is 9.56. The standard InChI is InChI=1S/C25H26N6O/c1-17-12-21(10-11-26-17)31-23-16-27-24(14-20(23)15-28-31)30-25(32)29-22-9-5-8-19(22)13-18-6-3-2-4-7-18/h2-4,6-7,10-12,14-16,19,22H,5,8-9,13H2,1H3,(H2,27,29,30,32)/t19-,22-/m0/s1. The summed E-state index contributed by atoms with van der Waals surface area (Å²) in [6, 6.07) is 16.2. The molecule has 1 aliphatic carbocycles. The molecular weight excluding hydrogens is 400 g/mol. The highest BCUT2D eigenvalue weighted by atomic mass is 16.2. The Morgan fingerprint density at radius 1 is 1.09 bits per heavy atom. The van der Waals surface area contributed by atoms with Crippen LogP contribution in [0.25, 0.3) is 16.6 Å². The molecule has 0 spiro atoms. The van der Waals surface area contributed by atoms with E-state index in [2.05, 4.69) is 50.0 Å². The number of hydrogen-bond acceptors (Lipinski definition) is 4. The molecule has 5 rings (SSSR count). The van der Waals surface area contributed by atoms with Gasteiger partial charge in [-0.1, -0.05) is 36.8 Å². The first-order valence-corrected chi connectivity index (χ1v) is 11.0. The molecule has 3 aromatic heterocycles. The van der Waals surface area contributed by atoms with Gasteiger partial charge in [-0.3, -0.25) is 10.3 Å². The van der Waals surface area contributed by atoms with Crippen molar-refractivity contribution >= 4 is 22.8 Å². The minimum Gasteiger partial charge on any atom is -0.335 e. The third-order valence-electron chi connectivity index (χ3n) is 6.14. The topological polar surface area (TPSA) is 84.7 Å². The second-order valence-electron chi connectivity index (χ2n) is 8.43. The first kappa shape index (κ1) is 20.2. The number of carbonyl (C=O) groups excluding carboxylic acids is 1. The minimum absolute atomic E-state index is 0.177. The number of amides is 2. The second kappa shape index (κ2) is 8.78. The van der Waals surface area contributed by atoms with Gasteiger partial charge < -0.3 is 5.32 Å². The van der Waals surface area contributed by atoms with Crippen LogP contribution >= 0.6 is 0 Å². The first-order chi connectivity index (χ1) is 15.7. The summed E-state index contributed by atoms with van der Waals surface area (Å²) in [4.78, 5) is 21.4. The number of rotatable bonds is 5. The molecule has 0 saturated heterocycles. The van der Waals surface area contributed by atoms with Crippen molar-refractivity contribution in [1.29, 1.82) is 0 Å². The highest BCUT2D eigenvalue weighted by Gasteiger charge is 2.28. The van der Waals surface area contributed by atoms with E-state index in [1.165, 1.54) is 5.56 Å². The molecule has 1 saturated carbocycles. The van der Waals surface area contributed by atoms with E-state index < -0.39 is 0 Å². The summed E-state index contributed by atoms with van der Waals surface area (Å²) in [5, 5.41) is 11.5. The van der Waals surface area contributed by atoms with Crippen LogP contribution in [0.4, 0.5) is 10.6 Å². The Morgan fingerprint density at radius 3 is 2.81 bits per heavy atom. The van der Waals surface area contributed by atoms with E-state index in [1.807, 2.05) is 35.9 Å². The number of anilines is 1. The monoisotopic (exact) mass is 426 g/mol. The largest absolute Gasteiger partial charge is 0.335 e. The van der Waals surface area contributed by atoms with Crippen LogP contribution in [0.5, 0.6) is 0 Å². The van der Waals surface area contributed by atoms with E-state index in [4.69, 9.17) is 0 Å². The Labute approximate surface area is 186 Å². The number of benzene rings is 1. The smallest absolute Gasteiger partial charge is 0.320 e. The first-order valence-electron chi connectivity index (χ1n) is 11.0. The average molecular weight is 427 g/mol. The number of urea groups is 1. The molecule has 7 heteroatoms. The van der Waals surface area contributed by atoms with Gasteiger partial charge in [-0.25, -0.2) is 14.5 Å². The molecule has 0 bridgehead atoms. The number of fused-ring (bicyclic) bond motifs is 1. The predicted octanol–water partition coefficient (Wildman–Crippen LogP) is 4.66. The molecule has 2 amide bonds. The maximum atomic E-state index is 12.7. The Morgan fingerprint density at radius 2 is 1.97 bits per heavy atom. The fourth-order valence-electron chi connectivity index (χ4n) is 4.57. The summed E-state index contributed by atoms with van der Waals surface area (Å²) in [7, 11) is 0.